The molecule has 1 aromatic carbocycles. The SMILES string of the molecule is CCCCC/C=C\C/C=C\CCCCCCCC(=O)OCC(O)COC(=O)/C=C/c1ccc(O)c(O)c1. The summed E-state index contributed by atoms with van der Waals surface area (Å²) in [6.45, 7) is 1.68. The third-order valence-corrected chi connectivity index (χ3v) is 5.60. The van der Waals surface area contributed by atoms with Crippen molar-refractivity contribution in [2.24, 2.45) is 0 Å². The number of aromatic hydroxyl groups is 2. The maximum Gasteiger partial charge on any atom is 0.330 e. The van der Waals surface area contributed by atoms with E-state index in [1.807, 2.05) is 0 Å². The number of hydrogen-bond donors (Lipinski definition) is 3. The highest BCUT2D eigenvalue weighted by molar-refractivity contribution is 5.87. The maximum atomic E-state index is 11.8. The molecule has 7 nitrogen and oxygen atoms in total. The van der Waals surface area contributed by atoms with E-state index < -0.39 is 12.1 Å². The summed E-state index contributed by atoms with van der Waals surface area (Å²) in [5, 5.41) is 28.6. The highest BCUT2D eigenvalue weighted by Crippen LogP contribution is 2.25. The molecule has 1 unspecified atom stereocenters. The van der Waals surface area contributed by atoms with Crippen LogP contribution in [-0.2, 0) is 19.1 Å². The Kier molecular flexibility index (Phi) is 18.2. The quantitative estimate of drug-likeness (QED) is 0.0606. The van der Waals surface area contributed by atoms with Crippen molar-refractivity contribution in [2.75, 3.05) is 13.2 Å². The van der Waals surface area contributed by atoms with Crippen molar-refractivity contribution in [1.82, 2.24) is 0 Å². The average molecular weight is 517 g/mol. The van der Waals surface area contributed by atoms with Crippen LogP contribution in [0, 0.1) is 0 Å². The topological polar surface area (TPSA) is 113 Å². The monoisotopic (exact) mass is 516 g/mol. The highest BCUT2D eigenvalue weighted by atomic mass is 16.6. The van der Waals surface area contributed by atoms with Gasteiger partial charge < -0.3 is 24.8 Å². The lowest BCUT2D eigenvalue weighted by Crippen LogP contribution is -2.24. The predicted molar refractivity (Wildman–Crippen MR) is 146 cm³/mol. The van der Waals surface area contributed by atoms with Gasteiger partial charge in [-0.1, -0.05) is 69.4 Å². The molecule has 0 saturated heterocycles. The smallest absolute Gasteiger partial charge is 0.330 e. The number of phenolic OH excluding ortho intramolecular Hbond substituents is 2. The molecule has 0 aliphatic heterocycles. The Morgan fingerprint density at radius 1 is 0.838 bits per heavy atom. The summed E-state index contributed by atoms with van der Waals surface area (Å²) in [6, 6.07) is 4.11. The van der Waals surface area contributed by atoms with Crippen LogP contribution in [0.25, 0.3) is 6.08 Å². The first kappa shape index (κ1) is 32.0. The Morgan fingerprint density at radius 3 is 2.19 bits per heavy atom. The first-order valence-electron chi connectivity index (χ1n) is 13.4. The van der Waals surface area contributed by atoms with Crippen molar-refractivity contribution in [1.29, 1.82) is 0 Å². The number of hydrogen-bond acceptors (Lipinski definition) is 7. The van der Waals surface area contributed by atoms with Crippen LogP contribution >= 0.6 is 0 Å². The van der Waals surface area contributed by atoms with Gasteiger partial charge in [-0.2, -0.15) is 0 Å². The van der Waals surface area contributed by atoms with Gasteiger partial charge in [0.2, 0.25) is 0 Å². The second-order valence-electron chi connectivity index (χ2n) is 9.03. The maximum absolute atomic E-state index is 11.8. The number of allylic oxidation sites excluding steroid dienone is 4. The normalized spacial score (nSPS) is 12.5. The number of carbonyl (C=O) groups excluding carboxylic acids is 2. The zero-order valence-electron chi connectivity index (χ0n) is 22.1. The molecule has 0 aromatic heterocycles. The zero-order chi connectivity index (χ0) is 27.1. The number of esters is 2. The summed E-state index contributed by atoms with van der Waals surface area (Å²) < 4.78 is 9.96. The molecule has 1 atom stereocenters. The molecular formula is C30H44O7. The fraction of sp³-hybridized carbons (Fsp3) is 0.533. The third kappa shape index (κ3) is 17.9. The van der Waals surface area contributed by atoms with Crippen molar-refractivity contribution in [2.45, 2.75) is 90.1 Å². The van der Waals surface area contributed by atoms with Gasteiger partial charge in [0.05, 0.1) is 0 Å². The van der Waals surface area contributed by atoms with Gasteiger partial charge in [-0.3, -0.25) is 4.79 Å². The number of ether oxygens (including phenoxy) is 2. The van der Waals surface area contributed by atoms with Crippen LogP contribution in [-0.4, -0.2) is 46.6 Å². The van der Waals surface area contributed by atoms with E-state index in [4.69, 9.17) is 9.47 Å². The summed E-state index contributed by atoms with van der Waals surface area (Å²) in [5.41, 5.74) is 0.495. The van der Waals surface area contributed by atoms with Crippen LogP contribution in [0.2, 0.25) is 0 Å². The summed E-state index contributed by atoms with van der Waals surface area (Å²) >= 11 is 0. The molecule has 1 aromatic rings. The largest absolute Gasteiger partial charge is 0.504 e. The van der Waals surface area contributed by atoms with Crippen molar-refractivity contribution in [3.63, 3.8) is 0 Å². The fourth-order valence-corrected chi connectivity index (χ4v) is 3.43. The van der Waals surface area contributed by atoms with E-state index in [-0.39, 0.29) is 30.7 Å². The van der Waals surface area contributed by atoms with Crippen LogP contribution in [0.5, 0.6) is 11.5 Å². The van der Waals surface area contributed by atoms with Crippen LogP contribution in [0.4, 0.5) is 0 Å². The summed E-state index contributed by atoms with van der Waals surface area (Å²) in [7, 11) is 0. The van der Waals surface area contributed by atoms with Gasteiger partial charge in [0.25, 0.3) is 0 Å². The molecule has 0 saturated carbocycles. The average Bonchev–Trinajstić information content (AvgIpc) is 2.89. The first-order valence-corrected chi connectivity index (χ1v) is 13.4. The van der Waals surface area contributed by atoms with E-state index in [0.717, 1.165) is 51.0 Å². The minimum atomic E-state index is -1.11. The number of rotatable bonds is 20. The molecule has 1 rings (SSSR count). The minimum Gasteiger partial charge on any atom is -0.504 e. The zero-order valence-corrected chi connectivity index (χ0v) is 22.1. The van der Waals surface area contributed by atoms with E-state index in [1.54, 1.807) is 0 Å². The number of aliphatic hydroxyl groups excluding tert-OH is 1. The van der Waals surface area contributed by atoms with E-state index in [1.165, 1.54) is 50.0 Å². The van der Waals surface area contributed by atoms with Gasteiger partial charge in [0.15, 0.2) is 11.5 Å². The number of carbonyl (C=O) groups is 2. The third-order valence-electron chi connectivity index (χ3n) is 5.60. The van der Waals surface area contributed by atoms with Crippen molar-refractivity contribution < 1.29 is 34.4 Å². The van der Waals surface area contributed by atoms with E-state index in [2.05, 4.69) is 31.2 Å². The second kappa shape index (κ2) is 21.1. The van der Waals surface area contributed by atoms with Gasteiger partial charge >= 0.3 is 11.9 Å². The van der Waals surface area contributed by atoms with Crippen LogP contribution in [0.1, 0.15) is 89.5 Å². The fourth-order valence-electron chi connectivity index (χ4n) is 3.43. The first-order chi connectivity index (χ1) is 17.9. The minimum absolute atomic E-state index is 0.234. The second-order valence-corrected chi connectivity index (χ2v) is 9.03. The number of benzene rings is 1. The van der Waals surface area contributed by atoms with E-state index in [9.17, 15) is 24.9 Å². The number of phenols is 2. The Morgan fingerprint density at radius 2 is 1.49 bits per heavy atom. The van der Waals surface area contributed by atoms with Crippen LogP contribution in [0.15, 0.2) is 48.6 Å². The van der Waals surface area contributed by atoms with E-state index in [0.29, 0.717) is 12.0 Å². The summed E-state index contributed by atoms with van der Waals surface area (Å²) in [4.78, 5) is 23.6. The highest BCUT2D eigenvalue weighted by Gasteiger charge is 2.11. The Balaban J connectivity index is 1.99. The lowest BCUT2D eigenvalue weighted by atomic mass is 10.1. The molecule has 206 valence electrons. The number of aliphatic hydroxyl groups is 1. The lowest BCUT2D eigenvalue weighted by Gasteiger charge is -2.11. The lowest BCUT2D eigenvalue weighted by molar-refractivity contribution is -0.150. The molecule has 37 heavy (non-hydrogen) atoms. The Hall–Kier alpha value is -3.06. The van der Waals surface area contributed by atoms with Gasteiger partial charge in [-0.05, 0) is 62.3 Å². The van der Waals surface area contributed by atoms with Crippen molar-refractivity contribution in [3.05, 3.63) is 54.1 Å². The molecule has 0 fully saturated rings. The van der Waals surface area contributed by atoms with Crippen LogP contribution < -0.4 is 0 Å². The Labute approximate surface area is 221 Å². The molecule has 3 N–H and O–H groups in total. The molecule has 0 aliphatic rings. The van der Waals surface area contributed by atoms with E-state index >= 15 is 0 Å². The molecule has 0 radical (unpaired) electrons. The molecule has 0 amide bonds. The van der Waals surface area contributed by atoms with Gasteiger partial charge in [-0.15, -0.1) is 0 Å². The van der Waals surface area contributed by atoms with Gasteiger partial charge in [0.1, 0.15) is 19.3 Å². The molecule has 0 spiro atoms. The van der Waals surface area contributed by atoms with Gasteiger partial charge in [0, 0.05) is 12.5 Å². The summed E-state index contributed by atoms with van der Waals surface area (Å²) in [6.07, 6.45) is 22.9. The molecule has 0 bridgehead atoms. The van der Waals surface area contributed by atoms with Gasteiger partial charge in [-0.25, -0.2) is 4.79 Å². The molecular weight excluding hydrogens is 472 g/mol. The molecule has 0 aliphatic carbocycles. The summed E-state index contributed by atoms with van der Waals surface area (Å²) in [5.74, 6) is -1.62. The standard InChI is InChI=1S/C30H44O7/c1-2-3-4-5-6-7-8-9-10-11-12-13-14-15-16-17-29(34)36-23-26(31)24-37-30(35)21-19-25-18-20-27(32)28(33)22-25/h6-7,9-10,18-22,26,31-33H,2-5,8,11-17,23-24H2,1H3/b7-6-,10-9-,21-19+. The molecule has 7 heteroatoms. The molecule has 0 heterocycles. The predicted octanol–water partition coefficient (Wildman–Crippen LogP) is 6.37. The van der Waals surface area contributed by atoms with Crippen molar-refractivity contribution in [3.8, 4) is 11.5 Å². The van der Waals surface area contributed by atoms with Crippen molar-refractivity contribution >= 4 is 18.0 Å². The van der Waals surface area contributed by atoms with Crippen LogP contribution in [0.3, 0.4) is 0 Å². The number of unbranched alkanes of at least 4 members (excludes halogenated alkanes) is 8. The Bertz CT molecular complexity index is 857.